The van der Waals surface area contributed by atoms with E-state index in [1.807, 2.05) is 38.1 Å². The van der Waals surface area contributed by atoms with E-state index in [1.54, 1.807) is 42.5 Å². The van der Waals surface area contributed by atoms with Crippen molar-refractivity contribution in [1.29, 1.82) is 0 Å². The number of carbonyl (C=O) groups excluding carboxylic acids is 3. The minimum Gasteiger partial charge on any atom is -0.422 e. The molecule has 6 heteroatoms. The van der Waals surface area contributed by atoms with Crippen molar-refractivity contribution in [1.82, 2.24) is 4.98 Å². The Bertz CT molecular complexity index is 1620. The number of rotatable bonds is 8. The molecule has 41 heavy (non-hydrogen) atoms. The molecule has 0 N–H and O–H groups in total. The summed E-state index contributed by atoms with van der Waals surface area (Å²) in [5, 5.41) is 0.441. The van der Waals surface area contributed by atoms with Gasteiger partial charge in [0, 0.05) is 17.4 Å². The Morgan fingerprint density at radius 2 is 1.27 bits per heavy atom. The number of esters is 2. The van der Waals surface area contributed by atoms with Gasteiger partial charge in [0.15, 0.2) is 11.5 Å². The van der Waals surface area contributed by atoms with E-state index in [1.165, 1.54) is 0 Å². The lowest BCUT2D eigenvalue weighted by atomic mass is 9.75. The van der Waals surface area contributed by atoms with Crippen LogP contribution in [0.1, 0.15) is 94.9 Å². The first-order valence-corrected chi connectivity index (χ1v) is 14.3. The van der Waals surface area contributed by atoms with E-state index in [9.17, 15) is 14.4 Å². The first kappa shape index (κ1) is 28.2. The van der Waals surface area contributed by atoms with Crippen molar-refractivity contribution in [2.75, 3.05) is 0 Å². The fraction of sp³-hybridized carbons (Fsp3) is 0.314. The number of aryl methyl sites for hydroxylation is 2. The average Bonchev–Trinajstić information content (AvgIpc) is 2.94. The molecule has 210 valence electrons. The zero-order valence-corrected chi connectivity index (χ0v) is 24.1. The zero-order valence-electron chi connectivity index (χ0n) is 24.1. The van der Waals surface area contributed by atoms with Crippen LogP contribution in [0.15, 0.2) is 66.7 Å². The predicted octanol–water partition coefficient (Wildman–Crippen LogP) is 7.73. The number of benzene rings is 3. The number of hydrogen-bond donors (Lipinski definition) is 0. The lowest BCUT2D eigenvalue weighted by Crippen LogP contribution is -2.28. The Morgan fingerprint density at radius 3 is 1.80 bits per heavy atom. The average molecular weight is 550 g/mol. The van der Waals surface area contributed by atoms with Gasteiger partial charge in [0.05, 0.1) is 16.8 Å². The van der Waals surface area contributed by atoms with Crippen molar-refractivity contribution in [2.24, 2.45) is 5.41 Å². The summed E-state index contributed by atoms with van der Waals surface area (Å²) in [5.41, 5.74) is 4.43. The van der Waals surface area contributed by atoms with Gasteiger partial charge in [-0.2, -0.15) is 0 Å². The molecular weight excluding hydrogens is 514 g/mol. The summed E-state index contributed by atoms with van der Waals surface area (Å²) in [6.45, 7) is 8.29. The molecule has 0 spiro atoms. The molecule has 0 fully saturated rings. The first-order chi connectivity index (χ1) is 19.7. The number of nitrogens with zero attached hydrogens (tertiary/aromatic N) is 1. The summed E-state index contributed by atoms with van der Waals surface area (Å²) < 4.78 is 11.7. The molecule has 0 aliphatic heterocycles. The molecule has 1 heterocycles. The van der Waals surface area contributed by atoms with Gasteiger partial charge in [0.25, 0.3) is 0 Å². The van der Waals surface area contributed by atoms with Crippen molar-refractivity contribution < 1.29 is 23.9 Å². The van der Waals surface area contributed by atoms with Gasteiger partial charge < -0.3 is 9.47 Å². The van der Waals surface area contributed by atoms with Crippen molar-refractivity contribution in [3.63, 3.8) is 0 Å². The van der Waals surface area contributed by atoms with Crippen LogP contribution >= 0.6 is 0 Å². The normalized spacial score (nSPS) is 14.0. The minimum atomic E-state index is -0.517. The molecule has 6 nitrogen and oxygen atoms in total. The van der Waals surface area contributed by atoms with E-state index in [-0.39, 0.29) is 22.7 Å². The molecule has 3 aromatic carbocycles. The van der Waals surface area contributed by atoms with Crippen LogP contribution in [0.3, 0.4) is 0 Å². The molecule has 0 atom stereocenters. The predicted molar refractivity (Wildman–Crippen MR) is 159 cm³/mol. The van der Waals surface area contributed by atoms with E-state index < -0.39 is 11.9 Å². The molecule has 5 rings (SSSR count). The van der Waals surface area contributed by atoms with Gasteiger partial charge in [0.2, 0.25) is 0 Å². The number of hydrogen-bond acceptors (Lipinski definition) is 6. The van der Waals surface area contributed by atoms with Gasteiger partial charge in [-0.3, -0.25) is 4.79 Å². The van der Waals surface area contributed by atoms with Gasteiger partial charge >= 0.3 is 11.9 Å². The fourth-order valence-corrected chi connectivity index (χ4v) is 5.35. The maximum atomic E-state index is 13.1. The minimum absolute atomic E-state index is 0.0102. The maximum Gasteiger partial charge on any atom is 0.343 e. The molecule has 1 aliphatic rings. The number of fused-ring (bicyclic) bond motifs is 2. The first-order valence-electron chi connectivity index (χ1n) is 14.3. The number of ketones is 1. The molecule has 0 saturated carbocycles. The van der Waals surface area contributed by atoms with Crippen LogP contribution in [0, 0.1) is 5.41 Å². The van der Waals surface area contributed by atoms with Crippen LogP contribution in [0.25, 0.3) is 10.9 Å². The molecule has 0 bridgehead atoms. The highest BCUT2D eigenvalue weighted by molar-refractivity contribution is 6.05. The van der Waals surface area contributed by atoms with Crippen molar-refractivity contribution in [3.05, 3.63) is 100 Å². The molecule has 4 aromatic rings. The Hall–Kier alpha value is -4.32. The summed E-state index contributed by atoms with van der Waals surface area (Å²) in [5.74, 6) is -0.549. The van der Waals surface area contributed by atoms with Gasteiger partial charge in [-0.15, -0.1) is 0 Å². The van der Waals surface area contributed by atoms with E-state index in [0.717, 1.165) is 36.8 Å². The second kappa shape index (κ2) is 11.7. The van der Waals surface area contributed by atoms with E-state index in [0.29, 0.717) is 46.1 Å². The second-order valence-electron chi connectivity index (χ2n) is 11.6. The molecule has 0 saturated heterocycles. The van der Waals surface area contributed by atoms with Gasteiger partial charge in [-0.1, -0.05) is 64.8 Å². The summed E-state index contributed by atoms with van der Waals surface area (Å²) in [7, 11) is 0. The quantitative estimate of drug-likeness (QED) is 0.165. The number of ether oxygens (including phenoxy) is 2. The van der Waals surface area contributed by atoms with E-state index in [2.05, 4.69) is 13.8 Å². The summed E-state index contributed by atoms with van der Waals surface area (Å²) in [4.78, 5) is 44.1. The van der Waals surface area contributed by atoms with Gasteiger partial charge in [-0.05, 0) is 78.3 Å². The molecule has 0 radical (unpaired) electrons. The number of carbonyl (C=O) groups is 3. The summed E-state index contributed by atoms with van der Waals surface area (Å²) >= 11 is 0. The van der Waals surface area contributed by atoms with Crippen LogP contribution in [0.4, 0.5) is 0 Å². The third kappa shape index (κ3) is 6.22. The number of pyridine rings is 1. The monoisotopic (exact) mass is 549 g/mol. The fourth-order valence-electron chi connectivity index (χ4n) is 5.35. The van der Waals surface area contributed by atoms with Crippen molar-refractivity contribution in [3.8, 4) is 11.5 Å². The number of aromatic nitrogens is 1. The Kier molecular flexibility index (Phi) is 8.02. The largest absolute Gasteiger partial charge is 0.422 e. The second-order valence-corrected chi connectivity index (χ2v) is 11.6. The smallest absolute Gasteiger partial charge is 0.343 e. The van der Waals surface area contributed by atoms with Crippen molar-refractivity contribution in [2.45, 2.75) is 66.2 Å². The molecule has 1 aliphatic carbocycles. The Balaban J connectivity index is 1.52. The Labute approximate surface area is 240 Å². The third-order valence-corrected chi connectivity index (χ3v) is 7.43. The molecular formula is C35H35NO5. The van der Waals surface area contributed by atoms with E-state index in [4.69, 9.17) is 14.5 Å². The zero-order chi connectivity index (χ0) is 29.1. The molecule has 1 aromatic heterocycles. The molecule has 0 amide bonds. The van der Waals surface area contributed by atoms with Gasteiger partial charge in [0.1, 0.15) is 11.3 Å². The van der Waals surface area contributed by atoms with Crippen molar-refractivity contribution >= 4 is 28.6 Å². The maximum absolute atomic E-state index is 13.1. The standard InChI is InChI=1S/C35H35NO5/c1-5-7-22-9-13-24(14-10-22)33(38)40-30-17-18-31(41-34(39)25-15-11-23(8-6-2)12-16-25)32-27(30)19-26-28(36-32)20-35(3,4)21-29(26)37/h9-19H,5-8,20-21H2,1-4H3. The summed E-state index contributed by atoms with van der Waals surface area (Å²) in [6, 6.07) is 19.6. The summed E-state index contributed by atoms with van der Waals surface area (Å²) in [6.07, 6.45) is 4.91. The SMILES string of the molecule is CCCc1ccc(C(=O)Oc2ccc(OC(=O)c3ccc(CCC)cc3)c3nc4c(cc23)C(=O)CC(C)(C)C4)cc1. The highest BCUT2D eigenvalue weighted by Gasteiger charge is 2.33. The highest BCUT2D eigenvalue weighted by atomic mass is 16.5. The highest BCUT2D eigenvalue weighted by Crippen LogP contribution is 2.39. The topological polar surface area (TPSA) is 82.6 Å². The Morgan fingerprint density at radius 1 is 0.756 bits per heavy atom. The number of Topliss-reactive ketones (excluding diaryl/α,β-unsaturated/α-hetero) is 1. The van der Waals surface area contributed by atoms with Crippen LogP contribution in [-0.2, 0) is 19.3 Å². The third-order valence-electron chi connectivity index (χ3n) is 7.43. The lowest BCUT2D eigenvalue weighted by Gasteiger charge is -2.29. The van der Waals surface area contributed by atoms with Crippen LogP contribution in [0.2, 0.25) is 0 Å². The lowest BCUT2D eigenvalue weighted by molar-refractivity contribution is 0.0722. The molecule has 0 unspecified atom stereocenters. The van der Waals surface area contributed by atoms with Crippen LogP contribution in [-0.4, -0.2) is 22.7 Å². The van der Waals surface area contributed by atoms with Gasteiger partial charge in [-0.25, -0.2) is 14.6 Å². The van der Waals surface area contributed by atoms with E-state index >= 15 is 0 Å². The van der Waals surface area contributed by atoms with Crippen LogP contribution in [0.5, 0.6) is 11.5 Å². The van der Waals surface area contributed by atoms with Crippen LogP contribution < -0.4 is 9.47 Å².